The number of nitrogens with one attached hydrogen (secondary N) is 1. The molecule has 0 saturated heterocycles. The Balaban J connectivity index is 2.12. The molecule has 1 saturated carbocycles. The van der Waals surface area contributed by atoms with E-state index in [4.69, 9.17) is 0 Å². The molecule has 0 unspecified atom stereocenters. The summed E-state index contributed by atoms with van der Waals surface area (Å²) in [6.07, 6.45) is 4.76. The summed E-state index contributed by atoms with van der Waals surface area (Å²) in [6.45, 7) is 1.92. The van der Waals surface area contributed by atoms with E-state index >= 15 is 0 Å². The van der Waals surface area contributed by atoms with Gasteiger partial charge in [-0.2, -0.15) is 16.6 Å². The second-order valence-electron chi connectivity index (χ2n) is 4.68. The van der Waals surface area contributed by atoms with Crippen LogP contribution in [0.4, 0.5) is 0 Å². The average molecular weight is 248 g/mol. The molecule has 4 heteroatoms. The molecule has 0 aromatic carbocycles. The first kappa shape index (κ1) is 12.1. The highest BCUT2D eigenvalue weighted by atomic mass is 32.1. The summed E-state index contributed by atoms with van der Waals surface area (Å²) in [7, 11) is 0. The number of hydrogen-bond donors (Lipinski definition) is 1. The van der Waals surface area contributed by atoms with Crippen LogP contribution >= 0.6 is 11.3 Å². The van der Waals surface area contributed by atoms with E-state index in [1.807, 2.05) is 17.7 Å². The lowest BCUT2D eigenvalue weighted by molar-refractivity contribution is 0.0902. The number of rotatable bonds is 2. The molecular formula is C13H16N2OS. The number of nitrogens with zero attached hydrogens (tertiary/aromatic N) is 1. The minimum absolute atomic E-state index is 0.104. The average Bonchev–Trinajstić information content (AvgIpc) is 2.77. The third-order valence-corrected chi connectivity index (χ3v) is 4.24. The molecule has 0 spiro atoms. The zero-order chi connectivity index (χ0) is 12.3. The molecule has 0 aliphatic heterocycles. The van der Waals surface area contributed by atoms with Crippen molar-refractivity contribution in [2.45, 2.75) is 44.6 Å². The number of nitriles is 1. The van der Waals surface area contributed by atoms with Crippen molar-refractivity contribution >= 4 is 17.2 Å². The third-order valence-electron chi connectivity index (χ3n) is 3.37. The monoisotopic (exact) mass is 248 g/mol. The van der Waals surface area contributed by atoms with Crippen LogP contribution in [0.5, 0.6) is 0 Å². The maximum atomic E-state index is 12.1. The SMILES string of the molecule is Cc1cscc1C(=O)NC1(C#N)CCCCC1. The summed E-state index contributed by atoms with van der Waals surface area (Å²) >= 11 is 1.52. The zero-order valence-electron chi connectivity index (χ0n) is 9.95. The number of carbonyl (C=O) groups excluding carboxylic acids is 1. The van der Waals surface area contributed by atoms with Crippen molar-refractivity contribution in [1.29, 1.82) is 5.26 Å². The van der Waals surface area contributed by atoms with Crippen LogP contribution in [0.1, 0.15) is 48.0 Å². The molecule has 1 aromatic heterocycles. The Bertz CT molecular complexity index is 452. The van der Waals surface area contributed by atoms with Gasteiger partial charge in [0, 0.05) is 5.38 Å². The molecule has 1 aliphatic carbocycles. The number of aryl methyl sites for hydroxylation is 1. The fourth-order valence-electron chi connectivity index (χ4n) is 2.30. The molecule has 1 heterocycles. The first-order chi connectivity index (χ1) is 8.17. The van der Waals surface area contributed by atoms with Crippen molar-refractivity contribution in [2.24, 2.45) is 0 Å². The molecule has 90 valence electrons. The molecule has 1 N–H and O–H groups in total. The van der Waals surface area contributed by atoms with Crippen LogP contribution in [0, 0.1) is 18.3 Å². The minimum atomic E-state index is -0.635. The highest BCUT2D eigenvalue weighted by Gasteiger charge is 2.34. The van der Waals surface area contributed by atoms with Crippen LogP contribution in [0.2, 0.25) is 0 Å². The molecule has 0 radical (unpaired) electrons. The first-order valence-electron chi connectivity index (χ1n) is 5.93. The molecular weight excluding hydrogens is 232 g/mol. The highest BCUT2D eigenvalue weighted by molar-refractivity contribution is 7.08. The van der Waals surface area contributed by atoms with Gasteiger partial charge in [-0.3, -0.25) is 4.79 Å². The van der Waals surface area contributed by atoms with Crippen LogP contribution in [-0.2, 0) is 0 Å². The molecule has 0 bridgehead atoms. The second kappa shape index (κ2) is 4.89. The van der Waals surface area contributed by atoms with E-state index in [-0.39, 0.29) is 5.91 Å². The van der Waals surface area contributed by atoms with E-state index in [1.165, 1.54) is 11.3 Å². The predicted octanol–water partition coefficient (Wildman–Crippen LogP) is 3.01. The van der Waals surface area contributed by atoms with Crippen LogP contribution in [0.25, 0.3) is 0 Å². The summed E-state index contributed by atoms with van der Waals surface area (Å²) in [5.74, 6) is -0.104. The number of hydrogen-bond acceptors (Lipinski definition) is 3. The summed E-state index contributed by atoms with van der Waals surface area (Å²) < 4.78 is 0. The van der Waals surface area contributed by atoms with Crippen molar-refractivity contribution in [3.63, 3.8) is 0 Å². The van der Waals surface area contributed by atoms with Crippen molar-refractivity contribution < 1.29 is 4.79 Å². The molecule has 1 aliphatic rings. The highest BCUT2D eigenvalue weighted by Crippen LogP contribution is 2.28. The zero-order valence-corrected chi connectivity index (χ0v) is 10.8. The lowest BCUT2D eigenvalue weighted by Gasteiger charge is -2.31. The van der Waals surface area contributed by atoms with Crippen molar-refractivity contribution in [2.75, 3.05) is 0 Å². The Labute approximate surface area is 105 Å². The lowest BCUT2D eigenvalue weighted by Crippen LogP contribution is -2.48. The van der Waals surface area contributed by atoms with Gasteiger partial charge in [0.2, 0.25) is 0 Å². The molecule has 3 nitrogen and oxygen atoms in total. The Morgan fingerprint density at radius 3 is 2.65 bits per heavy atom. The largest absolute Gasteiger partial charge is 0.334 e. The molecule has 2 rings (SSSR count). The fraction of sp³-hybridized carbons (Fsp3) is 0.538. The number of amides is 1. The second-order valence-corrected chi connectivity index (χ2v) is 5.42. The van der Waals surface area contributed by atoms with Gasteiger partial charge in [0.15, 0.2) is 0 Å². The molecule has 0 atom stereocenters. The Morgan fingerprint density at radius 2 is 2.12 bits per heavy atom. The summed E-state index contributed by atoms with van der Waals surface area (Å²) in [5, 5.41) is 16.0. The molecule has 17 heavy (non-hydrogen) atoms. The van der Waals surface area contributed by atoms with Gasteiger partial charge in [-0.05, 0) is 30.7 Å². The standard InChI is InChI=1S/C13H16N2OS/c1-10-7-17-8-11(10)12(16)15-13(9-14)5-3-2-4-6-13/h7-8H,2-6H2,1H3,(H,15,16). The minimum Gasteiger partial charge on any atom is -0.334 e. The van der Waals surface area contributed by atoms with Gasteiger partial charge < -0.3 is 5.32 Å². The van der Waals surface area contributed by atoms with Crippen molar-refractivity contribution in [3.8, 4) is 6.07 Å². The summed E-state index contributed by atoms with van der Waals surface area (Å²) in [6, 6.07) is 2.30. The third kappa shape index (κ3) is 2.50. The Hall–Kier alpha value is -1.34. The van der Waals surface area contributed by atoms with Crippen LogP contribution in [0.3, 0.4) is 0 Å². The smallest absolute Gasteiger partial charge is 0.253 e. The molecule has 1 amide bonds. The van der Waals surface area contributed by atoms with E-state index < -0.39 is 5.54 Å². The van der Waals surface area contributed by atoms with E-state index in [0.717, 1.165) is 37.7 Å². The van der Waals surface area contributed by atoms with Gasteiger partial charge in [0.1, 0.15) is 5.54 Å². The number of thiophene rings is 1. The molecule has 1 fully saturated rings. The predicted molar refractivity (Wildman–Crippen MR) is 68.0 cm³/mol. The van der Waals surface area contributed by atoms with E-state index in [1.54, 1.807) is 0 Å². The van der Waals surface area contributed by atoms with Crippen LogP contribution in [-0.4, -0.2) is 11.4 Å². The van der Waals surface area contributed by atoms with E-state index in [9.17, 15) is 10.1 Å². The van der Waals surface area contributed by atoms with Crippen molar-refractivity contribution in [3.05, 3.63) is 21.9 Å². The van der Waals surface area contributed by atoms with Gasteiger partial charge in [-0.1, -0.05) is 19.3 Å². The first-order valence-corrected chi connectivity index (χ1v) is 6.88. The van der Waals surface area contributed by atoms with E-state index in [2.05, 4.69) is 11.4 Å². The van der Waals surface area contributed by atoms with Crippen LogP contribution in [0.15, 0.2) is 10.8 Å². The van der Waals surface area contributed by atoms with Crippen LogP contribution < -0.4 is 5.32 Å². The molecule has 1 aromatic rings. The lowest BCUT2D eigenvalue weighted by atomic mass is 9.82. The van der Waals surface area contributed by atoms with Gasteiger partial charge in [-0.25, -0.2) is 0 Å². The number of carbonyl (C=O) groups is 1. The maximum Gasteiger partial charge on any atom is 0.253 e. The summed E-state index contributed by atoms with van der Waals surface area (Å²) in [4.78, 5) is 12.1. The maximum absolute atomic E-state index is 12.1. The van der Waals surface area contributed by atoms with Gasteiger partial charge in [-0.15, -0.1) is 0 Å². The topological polar surface area (TPSA) is 52.9 Å². The Kier molecular flexibility index (Phi) is 3.49. The fourth-order valence-corrected chi connectivity index (χ4v) is 3.13. The quantitative estimate of drug-likeness (QED) is 0.874. The van der Waals surface area contributed by atoms with Gasteiger partial charge >= 0.3 is 0 Å². The van der Waals surface area contributed by atoms with Gasteiger partial charge in [0.05, 0.1) is 11.6 Å². The summed E-state index contributed by atoms with van der Waals surface area (Å²) in [5.41, 5.74) is 1.05. The Morgan fingerprint density at radius 1 is 1.41 bits per heavy atom. The normalized spacial score (nSPS) is 18.4. The van der Waals surface area contributed by atoms with Crippen molar-refractivity contribution in [1.82, 2.24) is 5.32 Å². The van der Waals surface area contributed by atoms with E-state index in [0.29, 0.717) is 5.56 Å². The van der Waals surface area contributed by atoms with Gasteiger partial charge in [0.25, 0.3) is 5.91 Å².